The van der Waals surface area contributed by atoms with E-state index < -0.39 is 0 Å². The highest BCUT2D eigenvalue weighted by atomic mass is 79.9. The quantitative estimate of drug-likeness (QED) is 0.747. The van der Waals surface area contributed by atoms with Crippen molar-refractivity contribution in [2.24, 2.45) is 0 Å². The Bertz CT molecular complexity index is 356. The SMILES string of the molecule is CCCNCc1cccc(Br)c1OCCN(C)C. The van der Waals surface area contributed by atoms with Gasteiger partial charge in [0.05, 0.1) is 4.47 Å². The molecule has 0 aliphatic rings. The third kappa shape index (κ3) is 5.38. The minimum atomic E-state index is 0.705. The van der Waals surface area contributed by atoms with E-state index in [9.17, 15) is 0 Å². The van der Waals surface area contributed by atoms with Crippen molar-refractivity contribution in [3.8, 4) is 5.75 Å². The molecule has 0 aliphatic carbocycles. The Hall–Kier alpha value is -0.580. The summed E-state index contributed by atoms with van der Waals surface area (Å²) in [4.78, 5) is 2.12. The van der Waals surface area contributed by atoms with E-state index in [0.717, 1.165) is 36.3 Å². The van der Waals surface area contributed by atoms with Crippen LogP contribution in [0.1, 0.15) is 18.9 Å². The van der Waals surface area contributed by atoms with E-state index in [-0.39, 0.29) is 0 Å². The van der Waals surface area contributed by atoms with Gasteiger partial charge in [-0.25, -0.2) is 0 Å². The summed E-state index contributed by atoms with van der Waals surface area (Å²) in [6, 6.07) is 6.18. The normalized spacial score (nSPS) is 10.9. The number of nitrogens with zero attached hydrogens (tertiary/aromatic N) is 1. The highest BCUT2D eigenvalue weighted by Crippen LogP contribution is 2.29. The molecule has 1 N–H and O–H groups in total. The minimum Gasteiger partial charge on any atom is -0.491 e. The van der Waals surface area contributed by atoms with Crippen LogP contribution in [-0.4, -0.2) is 38.7 Å². The number of ether oxygens (including phenoxy) is 1. The fraction of sp³-hybridized carbons (Fsp3) is 0.571. The van der Waals surface area contributed by atoms with Gasteiger partial charge in [-0.15, -0.1) is 0 Å². The second-order valence-electron chi connectivity index (χ2n) is 4.56. The lowest BCUT2D eigenvalue weighted by Crippen LogP contribution is -2.20. The Morgan fingerprint density at radius 3 is 2.78 bits per heavy atom. The first kappa shape index (κ1) is 15.5. The van der Waals surface area contributed by atoms with Crippen LogP contribution in [0.4, 0.5) is 0 Å². The molecule has 102 valence electrons. The molecule has 1 rings (SSSR count). The molecule has 0 aromatic heterocycles. The van der Waals surface area contributed by atoms with Gasteiger partial charge in [0.15, 0.2) is 0 Å². The summed E-state index contributed by atoms with van der Waals surface area (Å²) in [5.41, 5.74) is 1.21. The summed E-state index contributed by atoms with van der Waals surface area (Å²) in [7, 11) is 4.10. The van der Waals surface area contributed by atoms with Gasteiger partial charge in [-0.05, 0) is 49.1 Å². The van der Waals surface area contributed by atoms with Gasteiger partial charge in [0.2, 0.25) is 0 Å². The van der Waals surface area contributed by atoms with E-state index in [1.807, 2.05) is 26.2 Å². The lowest BCUT2D eigenvalue weighted by Gasteiger charge is -2.15. The molecule has 18 heavy (non-hydrogen) atoms. The maximum atomic E-state index is 5.88. The first-order chi connectivity index (χ1) is 8.65. The van der Waals surface area contributed by atoms with Crippen molar-refractivity contribution in [2.45, 2.75) is 19.9 Å². The number of rotatable bonds is 8. The predicted molar refractivity (Wildman–Crippen MR) is 80.2 cm³/mol. The molecular formula is C14H23BrN2O. The molecule has 0 unspecified atom stereocenters. The molecule has 0 atom stereocenters. The molecule has 1 aromatic rings. The molecule has 0 bridgehead atoms. The van der Waals surface area contributed by atoms with E-state index in [1.165, 1.54) is 5.56 Å². The minimum absolute atomic E-state index is 0.705. The first-order valence-corrected chi connectivity index (χ1v) is 7.20. The molecule has 0 heterocycles. The summed E-state index contributed by atoms with van der Waals surface area (Å²) >= 11 is 3.56. The highest BCUT2D eigenvalue weighted by molar-refractivity contribution is 9.10. The fourth-order valence-electron chi connectivity index (χ4n) is 1.58. The van der Waals surface area contributed by atoms with Crippen LogP contribution < -0.4 is 10.1 Å². The molecule has 0 aliphatic heterocycles. The Kier molecular flexibility index (Phi) is 7.32. The Labute approximate surface area is 119 Å². The zero-order valence-electron chi connectivity index (χ0n) is 11.5. The zero-order valence-corrected chi connectivity index (χ0v) is 13.1. The molecule has 0 amide bonds. The Balaban J connectivity index is 2.61. The molecule has 0 radical (unpaired) electrons. The van der Waals surface area contributed by atoms with E-state index in [1.54, 1.807) is 0 Å². The van der Waals surface area contributed by atoms with Crippen molar-refractivity contribution in [2.75, 3.05) is 33.8 Å². The van der Waals surface area contributed by atoms with E-state index in [2.05, 4.69) is 39.1 Å². The smallest absolute Gasteiger partial charge is 0.138 e. The Morgan fingerprint density at radius 1 is 1.33 bits per heavy atom. The van der Waals surface area contributed by atoms with Crippen LogP contribution >= 0.6 is 15.9 Å². The van der Waals surface area contributed by atoms with Crippen molar-refractivity contribution in [1.82, 2.24) is 10.2 Å². The number of hydrogen-bond donors (Lipinski definition) is 1. The van der Waals surface area contributed by atoms with E-state index in [4.69, 9.17) is 4.74 Å². The molecule has 0 saturated heterocycles. The van der Waals surface area contributed by atoms with Crippen LogP contribution in [0.5, 0.6) is 5.75 Å². The van der Waals surface area contributed by atoms with Crippen molar-refractivity contribution < 1.29 is 4.74 Å². The van der Waals surface area contributed by atoms with Gasteiger partial charge >= 0.3 is 0 Å². The van der Waals surface area contributed by atoms with E-state index >= 15 is 0 Å². The third-order valence-electron chi connectivity index (χ3n) is 2.58. The van der Waals surface area contributed by atoms with Gasteiger partial charge in [0.25, 0.3) is 0 Å². The zero-order chi connectivity index (χ0) is 13.4. The molecule has 0 fully saturated rings. The van der Waals surface area contributed by atoms with Crippen LogP contribution in [-0.2, 0) is 6.54 Å². The van der Waals surface area contributed by atoms with Crippen LogP contribution in [0.2, 0.25) is 0 Å². The second kappa shape index (κ2) is 8.51. The molecular weight excluding hydrogens is 292 g/mol. The number of hydrogen-bond acceptors (Lipinski definition) is 3. The monoisotopic (exact) mass is 314 g/mol. The van der Waals surface area contributed by atoms with Gasteiger partial charge < -0.3 is 15.0 Å². The lowest BCUT2D eigenvalue weighted by molar-refractivity contribution is 0.258. The highest BCUT2D eigenvalue weighted by Gasteiger charge is 2.07. The molecule has 3 nitrogen and oxygen atoms in total. The summed E-state index contributed by atoms with van der Waals surface area (Å²) in [5.74, 6) is 0.961. The molecule has 1 aromatic carbocycles. The first-order valence-electron chi connectivity index (χ1n) is 6.40. The summed E-state index contributed by atoms with van der Waals surface area (Å²) in [5, 5.41) is 3.41. The largest absolute Gasteiger partial charge is 0.491 e. The molecule has 0 saturated carbocycles. The van der Waals surface area contributed by atoms with Crippen molar-refractivity contribution in [1.29, 1.82) is 0 Å². The molecule has 4 heteroatoms. The lowest BCUT2D eigenvalue weighted by atomic mass is 10.2. The van der Waals surface area contributed by atoms with Crippen LogP contribution in [0, 0.1) is 0 Å². The standard InChI is InChI=1S/C14H23BrN2O/c1-4-8-16-11-12-6-5-7-13(15)14(12)18-10-9-17(2)3/h5-7,16H,4,8-11H2,1-3H3. The Morgan fingerprint density at radius 2 is 2.11 bits per heavy atom. The average molecular weight is 315 g/mol. The topological polar surface area (TPSA) is 24.5 Å². The number of likely N-dealkylation sites (N-methyl/N-ethyl adjacent to an activating group) is 1. The van der Waals surface area contributed by atoms with Gasteiger partial charge in [0.1, 0.15) is 12.4 Å². The van der Waals surface area contributed by atoms with Crippen molar-refractivity contribution in [3.63, 3.8) is 0 Å². The van der Waals surface area contributed by atoms with Gasteiger partial charge in [-0.2, -0.15) is 0 Å². The van der Waals surface area contributed by atoms with Gasteiger partial charge in [0, 0.05) is 18.7 Å². The van der Waals surface area contributed by atoms with Crippen LogP contribution in [0.3, 0.4) is 0 Å². The number of benzene rings is 1. The average Bonchev–Trinajstić information content (AvgIpc) is 2.32. The number of para-hydroxylation sites is 1. The third-order valence-corrected chi connectivity index (χ3v) is 3.20. The van der Waals surface area contributed by atoms with Crippen molar-refractivity contribution >= 4 is 15.9 Å². The summed E-state index contributed by atoms with van der Waals surface area (Å²) in [6.45, 7) is 5.68. The van der Waals surface area contributed by atoms with Gasteiger partial charge in [-0.1, -0.05) is 19.1 Å². The maximum absolute atomic E-state index is 5.88. The number of halogens is 1. The van der Waals surface area contributed by atoms with Crippen LogP contribution in [0.15, 0.2) is 22.7 Å². The summed E-state index contributed by atoms with van der Waals surface area (Å²) in [6.07, 6.45) is 1.14. The summed E-state index contributed by atoms with van der Waals surface area (Å²) < 4.78 is 6.91. The molecule has 0 spiro atoms. The van der Waals surface area contributed by atoms with Gasteiger partial charge in [-0.3, -0.25) is 0 Å². The second-order valence-corrected chi connectivity index (χ2v) is 5.41. The fourth-order valence-corrected chi connectivity index (χ4v) is 2.11. The van der Waals surface area contributed by atoms with E-state index in [0.29, 0.717) is 6.61 Å². The number of nitrogens with one attached hydrogen (secondary N) is 1. The maximum Gasteiger partial charge on any atom is 0.138 e. The van der Waals surface area contributed by atoms with Crippen LogP contribution in [0.25, 0.3) is 0 Å². The van der Waals surface area contributed by atoms with Crippen molar-refractivity contribution in [3.05, 3.63) is 28.2 Å². The predicted octanol–water partition coefficient (Wildman–Crippen LogP) is 2.89.